The summed E-state index contributed by atoms with van der Waals surface area (Å²) in [6, 6.07) is 0. The van der Waals surface area contributed by atoms with Gasteiger partial charge in [-0.25, -0.2) is 0 Å². The van der Waals surface area contributed by atoms with E-state index in [-0.39, 0.29) is 46.8 Å². The molecule has 0 heterocycles. The van der Waals surface area contributed by atoms with Gasteiger partial charge in [0.05, 0.1) is 0 Å². The average molecular weight is 365 g/mol. The first-order chi connectivity index (χ1) is 11.9. The minimum atomic E-state index is 0.0189. The Hall–Kier alpha value is -1.84. The molecule has 0 saturated heterocycles. The molecule has 0 saturated carbocycles. The molecule has 0 rings (SSSR count). The number of allylic oxidation sites excluding steroid dienone is 4. The van der Waals surface area contributed by atoms with Gasteiger partial charge >= 0.3 is 0 Å². The molecule has 0 radical (unpaired) electrons. The Balaban J connectivity index is 0. The lowest BCUT2D eigenvalue weighted by Crippen LogP contribution is -2.06. The fourth-order valence-corrected chi connectivity index (χ4v) is 1.44. The molecule has 26 heavy (non-hydrogen) atoms. The number of hydrogen-bond acceptors (Lipinski definition) is 4. The maximum absolute atomic E-state index is 11.1. The third-order valence-corrected chi connectivity index (χ3v) is 3.63. The standard InChI is InChI=1S/2C11H18O2/c2*1-8(2)10(12)6-5-7-11(13)9(3)4/h2*5-6,8-9H,7H2,1-4H3/b2*6-5+. The lowest BCUT2D eigenvalue weighted by Gasteiger charge is -1.99. The monoisotopic (exact) mass is 364 g/mol. The summed E-state index contributed by atoms with van der Waals surface area (Å²) in [5, 5.41) is 0. The van der Waals surface area contributed by atoms with Crippen molar-refractivity contribution < 1.29 is 19.2 Å². The van der Waals surface area contributed by atoms with Crippen molar-refractivity contribution in [2.75, 3.05) is 0 Å². The van der Waals surface area contributed by atoms with Crippen molar-refractivity contribution in [1.82, 2.24) is 0 Å². The zero-order valence-electron chi connectivity index (χ0n) is 17.7. The molecule has 148 valence electrons. The second kappa shape index (κ2) is 14.3. The van der Waals surface area contributed by atoms with Gasteiger partial charge in [0.2, 0.25) is 0 Å². The van der Waals surface area contributed by atoms with E-state index in [9.17, 15) is 19.2 Å². The number of hydrogen-bond donors (Lipinski definition) is 0. The van der Waals surface area contributed by atoms with Crippen LogP contribution in [0.1, 0.15) is 68.2 Å². The van der Waals surface area contributed by atoms with Crippen LogP contribution in [0.4, 0.5) is 0 Å². The second-order valence-corrected chi connectivity index (χ2v) is 7.57. The van der Waals surface area contributed by atoms with Crippen molar-refractivity contribution >= 4 is 23.1 Å². The van der Waals surface area contributed by atoms with Crippen LogP contribution >= 0.6 is 0 Å². The summed E-state index contributed by atoms with van der Waals surface area (Å²) in [4.78, 5) is 44.5. The quantitative estimate of drug-likeness (QED) is 0.524. The van der Waals surface area contributed by atoms with Crippen LogP contribution in [0.25, 0.3) is 0 Å². The molecule has 0 bridgehead atoms. The Morgan fingerprint density at radius 3 is 1.00 bits per heavy atom. The molecule has 0 aromatic carbocycles. The first-order valence-corrected chi connectivity index (χ1v) is 9.36. The lowest BCUT2D eigenvalue weighted by atomic mass is 10.0. The van der Waals surface area contributed by atoms with Crippen LogP contribution in [0.3, 0.4) is 0 Å². The zero-order chi connectivity index (χ0) is 20.9. The van der Waals surface area contributed by atoms with E-state index in [0.717, 1.165) is 0 Å². The molecule has 0 unspecified atom stereocenters. The van der Waals surface area contributed by atoms with E-state index in [4.69, 9.17) is 0 Å². The van der Waals surface area contributed by atoms with Gasteiger partial charge in [-0.2, -0.15) is 0 Å². The van der Waals surface area contributed by atoms with Crippen LogP contribution in [-0.2, 0) is 19.2 Å². The minimum absolute atomic E-state index is 0.0189. The number of rotatable bonds is 10. The summed E-state index contributed by atoms with van der Waals surface area (Å²) in [6.07, 6.45) is 7.07. The Labute approximate surface area is 159 Å². The molecular weight excluding hydrogens is 328 g/mol. The highest BCUT2D eigenvalue weighted by Gasteiger charge is 2.06. The van der Waals surface area contributed by atoms with Crippen LogP contribution in [0.2, 0.25) is 0 Å². The van der Waals surface area contributed by atoms with Crippen molar-refractivity contribution in [3.63, 3.8) is 0 Å². The van der Waals surface area contributed by atoms with Crippen LogP contribution in [-0.4, -0.2) is 23.1 Å². The number of carbonyl (C=O) groups is 4. The Morgan fingerprint density at radius 2 is 0.808 bits per heavy atom. The lowest BCUT2D eigenvalue weighted by molar-refractivity contribution is -0.121. The van der Waals surface area contributed by atoms with E-state index in [1.54, 1.807) is 12.2 Å². The first kappa shape index (κ1) is 26.4. The van der Waals surface area contributed by atoms with E-state index in [2.05, 4.69) is 0 Å². The van der Waals surface area contributed by atoms with Crippen LogP contribution in [0, 0.1) is 23.7 Å². The van der Waals surface area contributed by atoms with Crippen molar-refractivity contribution in [1.29, 1.82) is 0 Å². The molecule has 0 spiro atoms. The highest BCUT2D eigenvalue weighted by atomic mass is 16.1. The van der Waals surface area contributed by atoms with Crippen LogP contribution < -0.4 is 0 Å². The van der Waals surface area contributed by atoms with Gasteiger partial charge in [0, 0.05) is 36.5 Å². The molecule has 4 nitrogen and oxygen atoms in total. The Kier molecular flexibility index (Phi) is 14.6. The van der Waals surface area contributed by atoms with Crippen molar-refractivity contribution in [3.8, 4) is 0 Å². The summed E-state index contributed by atoms with van der Waals surface area (Å²) in [5.41, 5.74) is 0. The van der Waals surface area contributed by atoms with Gasteiger partial charge < -0.3 is 0 Å². The summed E-state index contributed by atoms with van der Waals surface area (Å²) < 4.78 is 0. The van der Waals surface area contributed by atoms with Gasteiger partial charge in [0.1, 0.15) is 11.6 Å². The topological polar surface area (TPSA) is 68.3 Å². The Morgan fingerprint density at radius 1 is 0.538 bits per heavy atom. The Bertz CT molecular complexity index is 472. The molecule has 4 heteroatoms. The molecule has 0 atom stereocenters. The summed E-state index contributed by atoms with van der Waals surface area (Å²) in [5.74, 6) is 0.655. The van der Waals surface area contributed by atoms with E-state index in [1.165, 1.54) is 12.2 Å². The first-order valence-electron chi connectivity index (χ1n) is 9.36. The number of Topliss-reactive ketones (excluding diaryl/α,β-unsaturated/α-hetero) is 2. The predicted octanol–water partition coefficient (Wildman–Crippen LogP) is 4.77. The van der Waals surface area contributed by atoms with E-state index >= 15 is 0 Å². The molecule has 0 aliphatic carbocycles. The normalized spacial score (nSPS) is 11.5. The van der Waals surface area contributed by atoms with Gasteiger partial charge in [0.25, 0.3) is 0 Å². The van der Waals surface area contributed by atoms with Crippen LogP contribution in [0.5, 0.6) is 0 Å². The van der Waals surface area contributed by atoms with Crippen molar-refractivity contribution in [2.45, 2.75) is 68.2 Å². The highest BCUT2D eigenvalue weighted by Crippen LogP contribution is 2.02. The fourth-order valence-electron chi connectivity index (χ4n) is 1.44. The van der Waals surface area contributed by atoms with Gasteiger partial charge in [-0.05, 0) is 12.2 Å². The number of carbonyl (C=O) groups excluding carboxylic acids is 4. The maximum Gasteiger partial charge on any atom is 0.157 e. The SMILES string of the molecule is CC(C)C(=O)/C=C/CC(=O)C(C)C.CC(C)C(=O)/C=C/CC(=O)C(C)C. The van der Waals surface area contributed by atoms with E-state index in [1.807, 2.05) is 55.4 Å². The zero-order valence-corrected chi connectivity index (χ0v) is 17.7. The van der Waals surface area contributed by atoms with Crippen molar-refractivity contribution in [3.05, 3.63) is 24.3 Å². The molecule has 0 aliphatic heterocycles. The molecule has 0 aromatic heterocycles. The van der Waals surface area contributed by atoms with Gasteiger partial charge in [0.15, 0.2) is 11.6 Å². The van der Waals surface area contributed by atoms with E-state index < -0.39 is 0 Å². The molecule has 0 aliphatic rings. The summed E-state index contributed by atoms with van der Waals surface area (Å²) in [7, 11) is 0. The maximum atomic E-state index is 11.1. The third-order valence-electron chi connectivity index (χ3n) is 3.63. The second-order valence-electron chi connectivity index (χ2n) is 7.57. The van der Waals surface area contributed by atoms with Crippen LogP contribution in [0.15, 0.2) is 24.3 Å². The molecule has 0 fully saturated rings. The molecular formula is C22H36O4. The fraction of sp³-hybridized carbons (Fsp3) is 0.636. The van der Waals surface area contributed by atoms with Gasteiger partial charge in [-0.3, -0.25) is 19.2 Å². The molecule has 0 aromatic rings. The molecule has 0 amide bonds. The smallest absolute Gasteiger partial charge is 0.157 e. The average Bonchev–Trinajstić information content (AvgIpc) is 2.54. The highest BCUT2D eigenvalue weighted by molar-refractivity contribution is 5.92. The van der Waals surface area contributed by atoms with Gasteiger partial charge in [-0.1, -0.05) is 67.5 Å². The summed E-state index contributed by atoms with van der Waals surface area (Å²) in [6.45, 7) is 14.8. The largest absolute Gasteiger partial charge is 0.299 e. The molecule has 0 N–H and O–H groups in total. The predicted molar refractivity (Wildman–Crippen MR) is 107 cm³/mol. The third kappa shape index (κ3) is 14.5. The van der Waals surface area contributed by atoms with E-state index in [0.29, 0.717) is 12.8 Å². The van der Waals surface area contributed by atoms with Gasteiger partial charge in [-0.15, -0.1) is 0 Å². The number of ketones is 4. The minimum Gasteiger partial charge on any atom is -0.299 e. The van der Waals surface area contributed by atoms with Crippen molar-refractivity contribution in [2.24, 2.45) is 23.7 Å². The summed E-state index contributed by atoms with van der Waals surface area (Å²) >= 11 is 0.